The summed E-state index contributed by atoms with van der Waals surface area (Å²) in [4.78, 5) is 31.1. The molecule has 2 aromatic carbocycles. The first-order chi connectivity index (χ1) is 16.9. The summed E-state index contributed by atoms with van der Waals surface area (Å²) in [6.45, 7) is 0.125. The fourth-order valence-electron chi connectivity index (χ4n) is 3.09. The Hall–Kier alpha value is -4.22. The largest absolute Gasteiger partial charge is 0.453 e. The van der Waals surface area contributed by atoms with Gasteiger partial charge in [0.15, 0.2) is 0 Å². The molecule has 3 N–H and O–H groups in total. The van der Waals surface area contributed by atoms with Gasteiger partial charge in [-0.15, -0.1) is 5.10 Å². The minimum absolute atomic E-state index is 0.125. The molecular formula is C22H18Cl2N8O3. The Morgan fingerprint density at radius 2 is 1.97 bits per heavy atom. The van der Waals surface area contributed by atoms with Gasteiger partial charge in [0, 0.05) is 27.9 Å². The van der Waals surface area contributed by atoms with E-state index in [1.54, 1.807) is 48.5 Å². The zero-order valence-corrected chi connectivity index (χ0v) is 19.7. The summed E-state index contributed by atoms with van der Waals surface area (Å²) in [5.41, 5.74) is 3.14. The molecule has 0 fully saturated rings. The Labute approximate surface area is 209 Å². The standard InChI is InChI=1S/C22H18Cl2N8O3/c1-35-22(34)27-16-6-2-13(3-7-16)20-21(24)29-18(28-20)11-25-19(33)9-4-14-10-15(23)5-8-17(14)32-12-26-30-31-32/h2-10,12H,11H2,1H3,(H,25,33)(H,27,34)(H,28,29)/b9-4+. The number of tetrazole rings is 1. The quantitative estimate of drug-likeness (QED) is 0.319. The number of halogens is 2. The number of anilines is 1. The van der Waals surface area contributed by atoms with Crippen LogP contribution in [0.4, 0.5) is 10.5 Å². The number of benzene rings is 2. The number of nitrogens with zero attached hydrogens (tertiary/aromatic N) is 5. The summed E-state index contributed by atoms with van der Waals surface area (Å²) >= 11 is 12.4. The van der Waals surface area contributed by atoms with Crippen molar-refractivity contribution in [1.82, 2.24) is 35.5 Å². The van der Waals surface area contributed by atoms with Gasteiger partial charge in [-0.1, -0.05) is 35.3 Å². The van der Waals surface area contributed by atoms with E-state index in [9.17, 15) is 9.59 Å². The van der Waals surface area contributed by atoms with Crippen LogP contribution in [-0.4, -0.2) is 49.3 Å². The van der Waals surface area contributed by atoms with Gasteiger partial charge in [0.2, 0.25) is 5.91 Å². The average Bonchev–Trinajstić information content (AvgIpc) is 3.52. The molecule has 4 rings (SSSR count). The molecule has 13 heteroatoms. The lowest BCUT2D eigenvalue weighted by atomic mass is 10.1. The first-order valence-corrected chi connectivity index (χ1v) is 10.9. The summed E-state index contributed by atoms with van der Waals surface area (Å²) in [6, 6.07) is 12.1. The third-order valence-electron chi connectivity index (χ3n) is 4.73. The van der Waals surface area contributed by atoms with Crippen LogP contribution in [0.2, 0.25) is 10.2 Å². The minimum Gasteiger partial charge on any atom is -0.453 e. The minimum atomic E-state index is -0.565. The fraction of sp³-hybridized carbons (Fsp3) is 0.0909. The Kier molecular flexibility index (Phi) is 7.38. The molecule has 0 bridgehead atoms. The number of H-pyrrole nitrogens is 1. The third-order valence-corrected chi connectivity index (χ3v) is 5.24. The van der Waals surface area contributed by atoms with Gasteiger partial charge in [0.25, 0.3) is 0 Å². The van der Waals surface area contributed by atoms with E-state index >= 15 is 0 Å². The molecule has 0 aliphatic rings. The lowest BCUT2D eigenvalue weighted by Crippen LogP contribution is -2.21. The van der Waals surface area contributed by atoms with Crippen LogP contribution in [0.25, 0.3) is 23.0 Å². The summed E-state index contributed by atoms with van der Waals surface area (Å²) in [7, 11) is 1.29. The molecule has 4 aromatic rings. The van der Waals surface area contributed by atoms with Crippen molar-refractivity contribution < 1.29 is 14.3 Å². The molecule has 0 saturated carbocycles. The van der Waals surface area contributed by atoms with Gasteiger partial charge in [-0.25, -0.2) is 9.78 Å². The summed E-state index contributed by atoms with van der Waals surface area (Å²) < 4.78 is 6.04. The van der Waals surface area contributed by atoms with E-state index in [4.69, 9.17) is 23.2 Å². The summed E-state index contributed by atoms with van der Waals surface area (Å²) in [6.07, 6.45) is 3.87. The van der Waals surface area contributed by atoms with Crippen LogP contribution in [0.3, 0.4) is 0 Å². The van der Waals surface area contributed by atoms with Crippen LogP contribution in [0, 0.1) is 0 Å². The lowest BCUT2D eigenvalue weighted by Gasteiger charge is -2.05. The van der Waals surface area contributed by atoms with Gasteiger partial charge >= 0.3 is 6.09 Å². The number of carbonyl (C=O) groups is 2. The maximum Gasteiger partial charge on any atom is 0.411 e. The molecule has 178 valence electrons. The zero-order valence-electron chi connectivity index (χ0n) is 18.2. The number of nitrogens with one attached hydrogen (secondary N) is 3. The fourth-order valence-corrected chi connectivity index (χ4v) is 3.53. The number of imidazole rings is 1. The van der Waals surface area contributed by atoms with Gasteiger partial charge in [-0.3, -0.25) is 10.1 Å². The Morgan fingerprint density at radius 3 is 2.69 bits per heavy atom. The number of methoxy groups -OCH3 is 1. The van der Waals surface area contributed by atoms with Gasteiger partial charge in [0.05, 0.1) is 19.3 Å². The maximum atomic E-state index is 12.4. The molecule has 35 heavy (non-hydrogen) atoms. The van der Waals surface area contributed by atoms with Crippen molar-refractivity contribution in [3.8, 4) is 16.9 Å². The van der Waals surface area contributed by atoms with E-state index in [0.29, 0.717) is 38.6 Å². The third kappa shape index (κ3) is 6.02. The Morgan fingerprint density at radius 1 is 1.17 bits per heavy atom. The highest BCUT2D eigenvalue weighted by Crippen LogP contribution is 2.27. The second-order valence-electron chi connectivity index (χ2n) is 7.05. The Bertz CT molecular complexity index is 1370. The van der Waals surface area contributed by atoms with Crippen molar-refractivity contribution >= 4 is 47.0 Å². The van der Waals surface area contributed by atoms with Crippen molar-refractivity contribution in [1.29, 1.82) is 0 Å². The molecule has 0 spiro atoms. The first kappa shape index (κ1) is 23.9. The predicted molar refractivity (Wildman–Crippen MR) is 130 cm³/mol. The van der Waals surface area contributed by atoms with Crippen molar-refractivity contribution in [3.63, 3.8) is 0 Å². The summed E-state index contributed by atoms with van der Waals surface area (Å²) in [5.74, 6) is 0.126. The number of amides is 2. The second-order valence-corrected chi connectivity index (χ2v) is 7.86. The van der Waals surface area contributed by atoms with Gasteiger partial charge in [-0.2, -0.15) is 4.68 Å². The van der Waals surface area contributed by atoms with E-state index < -0.39 is 6.09 Å². The molecular weight excluding hydrogens is 495 g/mol. The van der Waals surface area contributed by atoms with Crippen molar-refractivity contribution in [2.45, 2.75) is 6.54 Å². The molecule has 0 aliphatic heterocycles. The van der Waals surface area contributed by atoms with Crippen LogP contribution in [0.5, 0.6) is 0 Å². The number of ether oxygens (including phenoxy) is 1. The number of hydrogen-bond acceptors (Lipinski definition) is 7. The molecule has 2 aromatic heterocycles. The molecule has 0 saturated heterocycles. The van der Waals surface area contributed by atoms with Crippen molar-refractivity contribution in [2.75, 3.05) is 12.4 Å². The molecule has 0 unspecified atom stereocenters. The lowest BCUT2D eigenvalue weighted by molar-refractivity contribution is -0.116. The summed E-state index contributed by atoms with van der Waals surface area (Å²) in [5, 5.41) is 17.3. The molecule has 0 aliphatic carbocycles. The van der Waals surface area contributed by atoms with Crippen LogP contribution in [0.1, 0.15) is 11.4 Å². The highest BCUT2D eigenvalue weighted by atomic mass is 35.5. The maximum absolute atomic E-state index is 12.4. The van der Waals surface area contributed by atoms with Crippen molar-refractivity contribution in [3.05, 3.63) is 76.4 Å². The highest BCUT2D eigenvalue weighted by molar-refractivity contribution is 6.32. The number of aromatic nitrogens is 6. The Balaban J connectivity index is 1.40. The smallest absolute Gasteiger partial charge is 0.411 e. The topological polar surface area (TPSA) is 140 Å². The molecule has 0 radical (unpaired) electrons. The van der Waals surface area contributed by atoms with E-state index in [0.717, 1.165) is 5.56 Å². The van der Waals surface area contributed by atoms with Crippen LogP contribution in [0.15, 0.2) is 54.9 Å². The van der Waals surface area contributed by atoms with Crippen LogP contribution >= 0.6 is 23.2 Å². The highest BCUT2D eigenvalue weighted by Gasteiger charge is 2.12. The number of rotatable bonds is 7. The van der Waals surface area contributed by atoms with Gasteiger partial charge in [-0.05, 0) is 46.8 Å². The van der Waals surface area contributed by atoms with E-state index in [1.807, 2.05) is 0 Å². The monoisotopic (exact) mass is 512 g/mol. The van der Waals surface area contributed by atoms with E-state index in [2.05, 4.69) is 40.9 Å². The first-order valence-electron chi connectivity index (χ1n) is 10.1. The molecule has 2 heterocycles. The average molecular weight is 513 g/mol. The van der Waals surface area contributed by atoms with E-state index in [-0.39, 0.29) is 12.5 Å². The zero-order chi connectivity index (χ0) is 24.8. The molecule has 0 atom stereocenters. The second kappa shape index (κ2) is 10.8. The van der Waals surface area contributed by atoms with Crippen molar-refractivity contribution in [2.24, 2.45) is 0 Å². The van der Waals surface area contributed by atoms with Crippen LogP contribution < -0.4 is 10.6 Å². The predicted octanol–water partition coefficient (Wildman–Crippen LogP) is 3.87. The molecule has 11 nitrogen and oxygen atoms in total. The van der Waals surface area contributed by atoms with E-state index in [1.165, 1.54) is 24.2 Å². The van der Waals surface area contributed by atoms with Crippen LogP contribution in [-0.2, 0) is 16.1 Å². The number of aromatic amines is 1. The normalized spacial score (nSPS) is 10.9. The number of carbonyl (C=O) groups excluding carboxylic acids is 2. The van der Waals surface area contributed by atoms with Gasteiger partial charge < -0.3 is 15.0 Å². The number of hydrogen-bond donors (Lipinski definition) is 3. The molecule has 2 amide bonds. The van der Waals surface area contributed by atoms with Gasteiger partial charge in [0.1, 0.15) is 23.0 Å². The SMILES string of the molecule is COC(=O)Nc1ccc(-c2nc(CNC(=O)/C=C/c3cc(Cl)ccc3-n3cnnn3)[nH]c2Cl)cc1.